The molecule has 1 saturated heterocycles. The molecule has 2 aromatic heterocycles. The quantitative estimate of drug-likeness (QED) is 0.413. The molecule has 2 aromatic carbocycles. The van der Waals surface area contributed by atoms with Gasteiger partial charge in [-0.3, -0.25) is 9.69 Å². The van der Waals surface area contributed by atoms with Crippen LogP contribution in [0.4, 0.5) is 5.69 Å². The number of hydrogen-bond donors (Lipinski definition) is 1. The molecular weight excluding hydrogens is 462 g/mol. The monoisotopic (exact) mass is 483 g/mol. The van der Waals surface area contributed by atoms with Crippen LogP contribution in [0.2, 0.25) is 5.02 Å². The minimum absolute atomic E-state index is 0.265. The van der Waals surface area contributed by atoms with Crippen molar-refractivity contribution < 1.29 is 13.9 Å². The number of benzene rings is 2. The molecule has 8 nitrogen and oxygen atoms in total. The zero-order chi connectivity index (χ0) is 22.8. The first kappa shape index (κ1) is 21.8. The second-order valence-corrected chi connectivity index (χ2v) is 9.40. The number of hydrogen-bond acceptors (Lipinski definition) is 8. The average molecular weight is 484 g/mol. The number of carbonyl (C=O) groups is 1. The molecule has 0 radical (unpaired) electrons. The molecule has 0 aliphatic carbocycles. The first-order chi connectivity index (χ1) is 16.1. The third-order valence-electron chi connectivity index (χ3n) is 5.67. The molecule has 5 rings (SSSR count). The van der Waals surface area contributed by atoms with Crippen molar-refractivity contribution in [2.24, 2.45) is 0 Å². The van der Waals surface area contributed by atoms with E-state index in [-0.39, 0.29) is 11.8 Å². The minimum atomic E-state index is -0.265. The van der Waals surface area contributed by atoms with Crippen molar-refractivity contribution >= 4 is 45.6 Å². The Balaban J connectivity index is 1.15. The molecule has 3 heterocycles. The van der Waals surface area contributed by atoms with Gasteiger partial charge in [0.15, 0.2) is 11.5 Å². The number of nitrogens with one attached hydrogen (secondary N) is 1. The van der Waals surface area contributed by atoms with E-state index in [2.05, 4.69) is 25.4 Å². The van der Waals surface area contributed by atoms with Gasteiger partial charge in [-0.2, -0.15) is 0 Å². The van der Waals surface area contributed by atoms with E-state index in [4.69, 9.17) is 20.8 Å². The van der Waals surface area contributed by atoms with Crippen LogP contribution in [-0.2, 0) is 6.54 Å². The Kier molecular flexibility index (Phi) is 6.26. The molecule has 1 N–H and O–H groups in total. The van der Waals surface area contributed by atoms with Gasteiger partial charge in [0.25, 0.3) is 5.91 Å². The number of rotatable bonds is 6. The van der Waals surface area contributed by atoms with E-state index in [9.17, 15) is 4.79 Å². The highest BCUT2D eigenvalue weighted by Crippen LogP contribution is 2.31. The zero-order valence-corrected chi connectivity index (χ0v) is 19.5. The molecule has 10 heteroatoms. The molecule has 1 aliphatic heterocycles. The van der Waals surface area contributed by atoms with Crippen LogP contribution in [0.15, 0.2) is 46.9 Å². The summed E-state index contributed by atoms with van der Waals surface area (Å²) in [6.45, 7) is 2.47. The number of oxazole rings is 1. The summed E-state index contributed by atoms with van der Waals surface area (Å²) in [5, 5.41) is 13.0. The number of carbonyl (C=O) groups excluding carboxylic acids is 1. The lowest BCUT2D eigenvalue weighted by Crippen LogP contribution is -2.32. The van der Waals surface area contributed by atoms with E-state index >= 15 is 0 Å². The summed E-state index contributed by atoms with van der Waals surface area (Å²) in [6, 6.07) is 12.7. The van der Waals surface area contributed by atoms with Crippen LogP contribution in [0.5, 0.6) is 5.75 Å². The fourth-order valence-corrected chi connectivity index (χ4v) is 4.83. The Hall–Kier alpha value is -3.01. The summed E-state index contributed by atoms with van der Waals surface area (Å²) in [5.41, 5.74) is 2.25. The van der Waals surface area contributed by atoms with Crippen molar-refractivity contribution in [3.63, 3.8) is 0 Å². The summed E-state index contributed by atoms with van der Waals surface area (Å²) in [7, 11) is 1.60. The fourth-order valence-electron chi connectivity index (χ4n) is 3.89. The summed E-state index contributed by atoms with van der Waals surface area (Å²) < 4.78 is 11.1. The van der Waals surface area contributed by atoms with Crippen LogP contribution in [0.1, 0.15) is 39.5 Å². The van der Waals surface area contributed by atoms with Crippen molar-refractivity contribution in [2.45, 2.75) is 25.3 Å². The largest absolute Gasteiger partial charge is 0.497 e. The maximum atomic E-state index is 12.5. The number of halogens is 1. The molecule has 0 atom stereocenters. The number of fused-ring (bicyclic) bond motifs is 1. The third kappa shape index (κ3) is 5.00. The lowest BCUT2D eigenvalue weighted by Gasteiger charge is -2.29. The average Bonchev–Trinajstić information content (AvgIpc) is 3.47. The Morgan fingerprint density at radius 3 is 2.76 bits per heavy atom. The van der Waals surface area contributed by atoms with Gasteiger partial charge in [0, 0.05) is 16.6 Å². The van der Waals surface area contributed by atoms with Gasteiger partial charge in [0.2, 0.25) is 5.01 Å². The van der Waals surface area contributed by atoms with Crippen LogP contribution in [-0.4, -0.2) is 46.2 Å². The van der Waals surface area contributed by atoms with Crippen LogP contribution < -0.4 is 10.1 Å². The van der Waals surface area contributed by atoms with Gasteiger partial charge < -0.3 is 14.5 Å². The van der Waals surface area contributed by atoms with Crippen molar-refractivity contribution in [3.8, 4) is 5.75 Å². The van der Waals surface area contributed by atoms with Crippen LogP contribution in [0.25, 0.3) is 11.1 Å². The second kappa shape index (κ2) is 9.46. The summed E-state index contributed by atoms with van der Waals surface area (Å²) in [6.07, 6.45) is 1.90. The zero-order valence-electron chi connectivity index (χ0n) is 18.0. The summed E-state index contributed by atoms with van der Waals surface area (Å²) in [5.74, 6) is 1.53. The van der Waals surface area contributed by atoms with E-state index in [1.165, 1.54) is 11.3 Å². The number of anilines is 1. The predicted molar refractivity (Wildman–Crippen MR) is 127 cm³/mol. The molecule has 1 aliphatic rings. The molecular formula is C23H22ClN5O3S. The van der Waals surface area contributed by atoms with Crippen molar-refractivity contribution in [1.82, 2.24) is 20.1 Å². The van der Waals surface area contributed by atoms with Crippen LogP contribution in [0.3, 0.4) is 0 Å². The van der Waals surface area contributed by atoms with Gasteiger partial charge in [0.1, 0.15) is 16.3 Å². The van der Waals surface area contributed by atoms with E-state index < -0.39 is 0 Å². The molecule has 1 amide bonds. The van der Waals surface area contributed by atoms with E-state index in [0.29, 0.717) is 22.3 Å². The smallest absolute Gasteiger partial charge is 0.286 e. The SMILES string of the molecule is COc1ccc(NC(=O)c2nnc(CN3CCC(c4nc5cc(Cl)ccc5o4)CC3)s2)cc1. The molecule has 4 aromatic rings. The van der Waals surface area contributed by atoms with Crippen LogP contribution >= 0.6 is 22.9 Å². The Morgan fingerprint density at radius 1 is 1.21 bits per heavy atom. The van der Waals surface area contributed by atoms with Gasteiger partial charge in [-0.05, 0) is 68.4 Å². The highest BCUT2D eigenvalue weighted by atomic mass is 35.5. The number of nitrogens with zero attached hydrogens (tertiary/aromatic N) is 4. The van der Waals surface area contributed by atoms with Crippen molar-refractivity contribution in [2.75, 3.05) is 25.5 Å². The first-order valence-corrected chi connectivity index (χ1v) is 11.8. The number of ether oxygens (including phenoxy) is 1. The highest BCUT2D eigenvalue weighted by Gasteiger charge is 2.26. The Bertz CT molecular complexity index is 1260. The maximum absolute atomic E-state index is 12.5. The van der Waals surface area contributed by atoms with E-state index in [0.717, 1.165) is 53.7 Å². The van der Waals surface area contributed by atoms with E-state index in [1.54, 1.807) is 31.4 Å². The molecule has 0 spiro atoms. The molecule has 0 bridgehead atoms. The van der Waals surface area contributed by atoms with Crippen molar-refractivity contribution in [3.05, 3.63) is 63.4 Å². The second-order valence-electron chi connectivity index (χ2n) is 7.90. The minimum Gasteiger partial charge on any atom is -0.497 e. The standard InChI is InChI=1S/C23H22ClN5O3S/c1-31-17-5-3-16(4-6-17)25-21(30)23-28-27-20(33-23)13-29-10-8-14(9-11-29)22-26-18-12-15(24)2-7-19(18)32-22/h2-7,12,14H,8-11,13H2,1H3,(H,25,30). The molecule has 33 heavy (non-hydrogen) atoms. The number of likely N-dealkylation sites (tertiary alicyclic amines) is 1. The number of aromatic nitrogens is 3. The molecule has 0 unspecified atom stereocenters. The van der Waals surface area contributed by atoms with Gasteiger partial charge in [0.05, 0.1) is 13.7 Å². The third-order valence-corrected chi connectivity index (χ3v) is 6.81. The Labute approximate surface area is 199 Å². The topological polar surface area (TPSA) is 93.4 Å². The van der Waals surface area contributed by atoms with Gasteiger partial charge in [-0.15, -0.1) is 10.2 Å². The summed E-state index contributed by atoms with van der Waals surface area (Å²) >= 11 is 7.37. The number of amides is 1. The Morgan fingerprint density at radius 2 is 2.00 bits per heavy atom. The molecule has 1 fully saturated rings. The van der Waals surface area contributed by atoms with Gasteiger partial charge in [-0.1, -0.05) is 22.9 Å². The van der Waals surface area contributed by atoms with Gasteiger partial charge >= 0.3 is 0 Å². The summed E-state index contributed by atoms with van der Waals surface area (Å²) in [4.78, 5) is 19.4. The van der Waals surface area contributed by atoms with Gasteiger partial charge in [-0.25, -0.2) is 4.98 Å². The number of methoxy groups -OCH3 is 1. The fraction of sp³-hybridized carbons (Fsp3) is 0.304. The normalized spacial score (nSPS) is 15.1. The van der Waals surface area contributed by atoms with Crippen LogP contribution in [0, 0.1) is 0 Å². The maximum Gasteiger partial charge on any atom is 0.286 e. The first-order valence-electron chi connectivity index (χ1n) is 10.6. The lowest BCUT2D eigenvalue weighted by atomic mass is 9.97. The van der Waals surface area contributed by atoms with E-state index in [1.807, 2.05) is 18.2 Å². The molecule has 0 saturated carbocycles. The molecule has 170 valence electrons. The highest BCUT2D eigenvalue weighted by molar-refractivity contribution is 7.13. The predicted octanol–water partition coefficient (Wildman–Crippen LogP) is 4.97. The lowest BCUT2D eigenvalue weighted by molar-refractivity contribution is 0.102. The number of piperidine rings is 1. The van der Waals surface area contributed by atoms with Crippen molar-refractivity contribution in [1.29, 1.82) is 0 Å².